The number of carbonyl (C=O) groups is 2. The Hall–Kier alpha value is -3.15. The number of amides is 1. The zero-order valence-corrected chi connectivity index (χ0v) is 15.5. The second-order valence-corrected chi connectivity index (χ2v) is 7.44. The number of benzene rings is 2. The molecule has 1 heterocycles. The van der Waals surface area contributed by atoms with Gasteiger partial charge in [-0.25, -0.2) is 4.98 Å². The smallest absolute Gasteiger partial charge is 0.306 e. The van der Waals surface area contributed by atoms with Crippen LogP contribution < -0.4 is 5.32 Å². The lowest BCUT2D eigenvalue weighted by molar-refractivity contribution is -0.141. The van der Waals surface area contributed by atoms with Crippen molar-refractivity contribution in [3.63, 3.8) is 0 Å². The molecular weight excluding hydrogens is 354 g/mol. The minimum Gasteiger partial charge on any atom is -0.481 e. The Morgan fingerprint density at radius 3 is 2.68 bits per heavy atom. The zero-order chi connectivity index (χ0) is 19.5. The highest BCUT2D eigenvalue weighted by atomic mass is 16.4. The predicted molar refractivity (Wildman–Crippen MR) is 106 cm³/mol. The number of nitrogens with one attached hydrogen (secondary N) is 1. The summed E-state index contributed by atoms with van der Waals surface area (Å²) in [5.41, 5.74) is 4.24. The number of hydrogen-bond acceptors (Lipinski definition) is 3. The van der Waals surface area contributed by atoms with Crippen molar-refractivity contribution in [2.75, 3.05) is 0 Å². The van der Waals surface area contributed by atoms with Crippen LogP contribution in [-0.2, 0) is 22.7 Å². The molecule has 144 valence electrons. The molecule has 2 atom stereocenters. The van der Waals surface area contributed by atoms with Gasteiger partial charge in [0.1, 0.15) is 0 Å². The van der Waals surface area contributed by atoms with Gasteiger partial charge in [-0.1, -0.05) is 36.4 Å². The average molecular weight is 377 g/mol. The molecule has 0 radical (unpaired) electrons. The van der Waals surface area contributed by atoms with Gasteiger partial charge in [-0.05, 0) is 42.5 Å². The first-order valence-electron chi connectivity index (χ1n) is 9.58. The van der Waals surface area contributed by atoms with Gasteiger partial charge in [-0.15, -0.1) is 0 Å². The van der Waals surface area contributed by atoms with Gasteiger partial charge in [0.05, 0.1) is 23.3 Å². The molecule has 2 N–H and O–H groups in total. The Bertz CT molecular complexity index is 1010. The Morgan fingerprint density at radius 2 is 1.86 bits per heavy atom. The Balaban J connectivity index is 1.38. The number of nitrogens with zero attached hydrogens (tertiary/aromatic N) is 2. The number of imidazole rings is 1. The normalized spacial score (nSPS) is 19.0. The number of rotatable bonds is 6. The van der Waals surface area contributed by atoms with E-state index in [9.17, 15) is 9.59 Å². The fourth-order valence-electron chi connectivity index (χ4n) is 3.95. The van der Waals surface area contributed by atoms with Crippen molar-refractivity contribution in [3.8, 4) is 0 Å². The van der Waals surface area contributed by atoms with Gasteiger partial charge in [0.15, 0.2) is 0 Å². The maximum absolute atomic E-state index is 12.4. The lowest BCUT2D eigenvalue weighted by Gasteiger charge is -2.12. The lowest BCUT2D eigenvalue weighted by atomic mass is 10.0. The topological polar surface area (TPSA) is 84.2 Å². The molecule has 6 nitrogen and oxygen atoms in total. The summed E-state index contributed by atoms with van der Waals surface area (Å²) >= 11 is 0. The van der Waals surface area contributed by atoms with E-state index in [4.69, 9.17) is 5.11 Å². The van der Waals surface area contributed by atoms with Gasteiger partial charge >= 0.3 is 5.97 Å². The van der Waals surface area contributed by atoms with Crippen molar-refractivity contribution in [1.82, 2.24) is 14.9 Å². The van der Waals surface area contributed by atoms with Crippen LogP contribution in [0.1, 0.15) is 30.4 Å². The molecule has 0 spiro atoms. The predicted octanol–water partition coefficient (Wildman–Crippen LogP) is 3.20. The molecule has 2 aromatic carbocycles. The largest absolute Gasteiger partial charge is 0.481 e. The summed E-state index contributed by atoms with van der Waals surface area (Å²) in [4.78, 5) is 27.8. The Morgan fingerprint density at radius 1 is 1.07 bits per heavy atom. The van der Waals surface area contributed by atoms with E-state index in [1.165, 1.54) is 0 Å². The van der Waals surface area contributed by atoms with Gasteiger partial charge in [0.25, 0.3) is 0 Å². The highest BCUT2D eigenvalue weighted by Gasteiger charge is 2.33. The molecule has 4 rings (SSSR count). The number of carbonyl (C=O) groups excluding carboxylic acids is 1. The van der Waals surface area contributed by atoms with E-state index in [2.05, 4.69) is 33.1 Å². The van der Waals surface area contributed by atoms with Crippen LogP contribution >= 0.6 is 0 Å². The van der Waals surface area contributed by atoms with E-state index in [0.717, 1.165) is 22.2 Å². The molecular formula is C22H23N3O3. The first-order chi connectivity index (χ1) is 13.6. The number of carboxylic acid groups (broad SMARTS) is 1. The van der Waals surface area contributed by atoms with Crippen molar-refractivity contribution in [2.24, 2.45) is 11.8 Å². The summed E-state index contributed by atoms with van der Waals surface area (Å²) in [6, 6.07) is 16.2. The second-order valence-electron chi connectivity index (χ2n) is 7.44. The lowest BCUT2D eigenvalue weighted by Crippen LogP contribution is -2.29. The Labute approximate surface area is 163 Å². The van der Waals surface area contributed by atoms with Crippen LogP contribution in [0.4, 0.5) is 0 Å². The molecule has 6 heteroatoms. The molecule has 1 fully saturated rings. The molecule has 1 aromatic heterocycles. The molecule has 0 aliphatic heterocycles. The molecule has 28 heavy (non-hydrogen) atoms. The monoisotopic (exact) mass is 377 g/mol. The maximum Gasteiger partial charge on any atom is 0.306 e. The molecule has 0 unspecified atom stereocenters. The standard InChI is InChI=1S/C22H23N3O3/c26-21(17-8-9-18(11-17)22(27)28)23-12-15-4-3-5-16(10-15)13-25-14-24-19-6-1-2-7-20(19)25/h1-7,10,14,17-18H,8-9,11-13H2,(H,23,26)(H,27,28)/t17-,18+/m0/s1. The Kier molecular flexibility index (Phi) is 5.10. The van der Waals surface area contributed by atoms with E-state index in [1.807, 2.05) is 36.7 Å². The van der Waals surface area contributed by atoms with Crippen molar-refractivity contribution in [2.45, 2.75) is 32.4 Å². The average Bonchev–Trinajstić information content (AvgIpc) is 3.35. The highest BCUT2D eigenvalue weighted by Crippen LogP contribution is 2.31. The summed E-state index contributed by atoms with van der Waals surface area (Å²) in [6.07, 6.45) is 3.52. The molecule has 1 aliphatic rings. The van der Waals surface area contributed by atoms with Gasteiger partial charge in [-0.2, -0.15) is 0 Å². The summed E-state index contributed by atoms with van der Waals surface area (Å²) in [6.45, 7) is 1.16. The van der Waals surface area contributed by atoms with Gasteiger partial charge < -0.3 is 15.0 Å². The third-order valence-corrected chi connectivity index (χ3v) is 5.49. The van der Waals surface area contributed by atoms with E-state index in [0.29, 0.717) is 32.4 Å². The summed E-state index contributed by atoms with van der Waals surface area (Å²) < 4.78 is 2.11. The molecule has 0 bridgehead atoms. The van der Waals surface area contributed by atoms with Crippen LogP contribution in [0.5, 0.6) is 0 Å². The number of aromatic nitrogens is 2. The summed E-state index contributed by atoms with van der Waals surface area (Å²) in [5.74, 6) is -1.42. The fraction of sp³-hybridized carbons (Fsp3) is 0.318. The third kappa shape index (κ3) is 3.91. The van der Waals surface area contributed by atoms with Crippen LogP contribution in [0.15, 0.2) is 54.9 Å². The van der Waals surface area contributed by atoms with Crippen molar-refractivity contribution >= 4 is 22.9 Å². The summed E-state index contributed by atoms with van der Waals surface area (Å²) in [7, 11) is 0. The number of hydrogen-bond donors (Lipinski definition) is 2. The van der Waals surface area contributed by atoms with Crippen LogP contribution in [0.2, 0.25) is 0 Å². The van der Waals surface area contributed by atoms with Crippen molar-refractivity contribution < 1.29 is 14.7 Å². The first kappa shape index (κ1) is 18.2. The van der Waals surface area contributed by atoms with Crippen molar-refractivity contribution in [3.05, 3.63) is 66.0 Å². The van der Waals surface area contributed by atoms with E-state index < -0.39 is 5.97 Å². The quantitative estimate of drug-likeness (QED) is 0.691. The summed E-state index contributed by atoms with van der Waals surface area (Å²) in [5, 5.41) is 12.0. The number of para-hydroxylation sites is 2. The van der Waals surface area contributed by atoms with Crippen LogP contribution in [-0.4, -0.2) is 26.5 Å². The fourth-order valence-corrected chi connectivity index (χ4v) is 3.95. The van der Waals surface area contributed by atoms with E-state index in [-0.39, 0.29) is 17.7 Å². The molecule has 0 saturated heterocycles. The highest BCUT2D eigenvalue weighted by molar-refractivity contribution is 5.80. The van der Waals surface area contributed by atoms with Gasteiger partial charge in [-0.3, -0.25) is 9.59 Å². The minimum atomic E-state index is -0.796. The van der Waals surface area contributed by atoms with Crippen LogP contribution in [0.3, 0.4) is 0 Å². The number of carboxylic acids is 1. The van der Waals surface area contributed by atoms with Crippen molar-refractivity contribution in [1.29, 1.82) is 0 Å². The zero-order valence-electron chi connectivity index (χ0n) is 15.5. The minimum absolute atomic E-state index is 0.0465. The van der Waals surface area contributed by atoms with Gasteiger partial charge in [0, 0.05) is 19.0 Å². The maximum atomic E-state index is 12.4. The van der Waals surface area contributed by atoms with E-state index in [1.54, 1.807) is 0 Å². The van der Waals surface area contributed by atoms with Crippen LogP contribution in [0.25, 0.3) is 11.0 Å². The molecule has 3 aromatic rings. The van der Waals surface area contributed by atoms with Crippen LogP contribution in [0, 0.1) is 11.8 Å². The SMILES string of the molecule is O=C(O)[C@@H]1CC[C@H](C(=O)NCc2cccc(Cn3cnc4ccccc43)c2)C1. The van der Waals surface area contributed by atoms with Gasteiger partial charge in [0.2, 0.25) is 5.91 Å². The second kappa shape index (κ2) is 7.84. The molecule has 1 amide bonds. The molecule has 1 aliphatic carbocycles. The number of fused-ring (bicyclic) bond motifs is 1. The van der Waals surface area contributed by atoms with E-state index >= 15 is 0 Å². The molecule has 1 saturated carbocycles. The first-order valence-corrected chi connectivity index (χ1v) is 9.58. The number of aliphatic carboxylic acids is 1. The third-order valence-electron chi connectivity index (χ3n) is 5.49.